The summed E-state index contributed by atoms with van der Waals surface area (Å²) in [6.45, 7) is 6.91. The number of amides is 3. The number of Topliss-reactive ketones (excluding diaryl/α,β-unsaturated/α-hetero) is 1. The molecule has 1 aromatic rings. The molecule has 1 unspecified atom stereocenters. The Bertz CT molecular complexity index is 928. The Hall–Kier alpha value is -3.47. The van der Waals surface area contributed by atoms with Crippen molar-refractivity contribution >= 4 is 29.7 Å². The third-order valence-electron chi connectivity index (χ3n) is 5.12. The van der Waals surface area contributed by atoms with Crippen LogP contribution in [0.5, 0.6) is 0 Å². The zero-order valence-electron chi connectivity index (χ0n) is 20.4. The van der Waals surface area contributed by atoms with E-state index in [0.29, 0.717) is 6.42 Å². The molecule has 1 fully saturated rings. The van der Waals surface area contributed by atoms with Gasteiger partial charge >= 0.3 is 12.1 Å². The topological polar surface area (TPSA) is 151 Å². The molecule has 0 saturated carbocycles. The van der Waals surface area contributed by atoms with Crippen LogP contribution in [0.25, 0.3) is 0 Å². The van der Waals surface area contributed by atoms with Gasteiger partial charge in [-0.15, -0.1) is 0 Å². The first-order chi connectivity index (χ1) is 16.4. The largest absolute Gasteiger partial charge is 0.475 e. The highest BCUT2D eigenvalue weighted by Gasteiger charge is 2.40. The van der Waals surface area contributed by atoms with Gasteiger partial charge in [0.05, 0.1) is 12.6 Å². The van der Waals surface area contributed by atoms with Crippen molar-refractivity contribution in [3.63, 3.8) is 0 Å². The average molecular weight is 492 g/mol. The van der Waals surface area contributed by atoms with Gasteiger partial charge < -0.3 is 20.5 Å². The molecule has 3 N–H and O–H groups in total. The van der Waals surface area contributed by atoms with Crippen molar-refractivity contribution in [1.29, 1.82) is 0 Å². The molecule has 0 radical (unpaired) electrons. The summed E-state index contributed by atoms with van der Waals surface area (Å²) in [6.07, 6.45) is 0.0452. The lowest BCUT2D eigenvalue weighted by Gasteiger charge is -2.28. The Morgan fingerprint density at radius 3 is 2.34 bits per heavy atom. The second-order valence-corrected chi connectivity index (χ2v) is 9.21. The first-order valence-corrected chi connectivity index (χ1v) is 11.5. The van der Waals surface area contributed by atoms with Gasteiger partial charge in [-0.1, -0.05) is 43.7 Å². The molecule has 1 saturated heterocycles. The van der Waals surface area contributed by atoms with Crippen molar-refractivity contribution in [2.24, 2.45) is 0 Å². The Balaban J connectivity index is 2.21. The van der Waals surface area contributed by atoms with E-state index in [4.69, 9.17) is 14.7 Å². The highest BCUT2D eigenvalue weighted by atomic mass is 16.7. The van der Waals surface area contributed by atoms with Crippen LogP contribution in [0.3, 0.4) is 0 Å². The Morgan fingerprint density at radius 2 is 1.77 bits per heavy atom. The van der Waals surface area contributed by atoms with Crippen LogP contribution in [0.15, 0.2) is 30.3 Å². The fourth-order valence-corrected chi connectivity index (χ4v) is 3.50. The third-order valence-corrected chi connectivity index (χ3v) is 5.12. The number of rotatable bonds is 10. The number of nitrogens with zero attached hydrogens (tertiary/aromatic N) is 1. The van der Waals surface area contributed by atoms with Crippen molar-refractivity contribution in [3.8, 4) is 0 Å². The number of carboxylic acid groups (broad SMARTS) is 1. The van der Waals surface area contributed by atoms with E-state index in [-0.39, 0.29) is 25.9 Å². The number of hydroxylamine groups is 2. The quantitative estimate of drug-likeness (QED) is 0.418. The zero-order chi connectivity index (χ0) is 26.2. The van der Waals surface area contributed by atoms with Gasteiger partial charge in [-0.05, 0) is 32.8 Å². The number of carbonyl (C=O) groups excluding carboxylic acids is 4. The van der Waals surface area contributed by atoms with E-state index in [1.165, 1.54) is 0 Å². The highest BCUT2D eigenvalue weighted by molar-refractivity contribution is 6.35. The van der Waals surface area contributed by atoms with Crippen LogP contribution in [0.1, 0.15) is 52.5 Å². The van der Waals surface area contributed by atoms with Gasteiger partial charge in [0.25, 0.3) is 5.78 Å². The maximum absolute atomic E-state index is 13.1. The normalized spacial score (nSPS) is 17.3. The van der Waals surface area contributed by atoms with Crippen LogP contribution in [0, 0.1) is 0 Å². The smallest absolute Gasteiger partial charge is 0.435 e. The first-order valence-electron chi connectivity index (χ1n) is 11.5. The second kappa shape index (κ2) is 12.3. The van der Waals surface area contributed by atoms with Crippen LogP contribution in [-0.2, 0) is 35.2 Å². The Morgan fingerprint density at radius 1 is 1.11 bits per heavy atom. The second-order valence-electron chi connectivity index (χ2n) is 9.21. The number of carbonyl (C=O) groups is 5. The van der Waals surface area contributed by atoms with Gasteiger partial charge in [0.15, 0.2) is 0 Å². The average Bonchev–Trinajstić information content (AvgIpc) is 3.27. The van der Waals surface area contributed by atoms with Gasteiger partial charge in [-0.3, -0.25) is 19.2 Å². The van der Waals surface area contributed by atoms with E-state index in [1.54, 1.807) is 58.0 Å². The summed E-state index contributed by atoms with van der Waals surface area (Å²) in [5.41, 5.74) is -0.0682. The number of hydrogen-bond donors (Lipinski definition) is 3. The van der Waals surface area contributed by atoms with Crippen LogP contribution in [-0.4, -0.2) is 70.2 Å². The number of carboxylic acids is 1. The Kier molecular flexibility index (Phi) is 9.76. The summed E-state index contributed by atoms with van der Waals surface area (Å²) in [5, 5.41) is 15.0. The molecule has 11 nitrogen and oxygen atoms in total. The monoisotopic (exact) mass is 491 g/mol. The van der Waals surface area contributed by atoms with E-state index in [9.17, 15) is 24.0 Å². The maximum Gasteiger partial charge on any atom is 0.435 e. The molecule has 192 valence electrons. The number of ketones is 1. The predicted octanol–water partition coefficient (Wildman–Crippen LogP) is 1.59. The van der Waals surface area contributed by atoms with Crippen LogP contribution < -0.4 is 10.6 Å². The van der Waals surface area contributed by atoms with E-state index in [2.05, 4.69) is 10.6 Å². The minimum Gasteiger partial charge on any atom is -0.475 e. The minimum atomic E-state index is -1.65. The molecule has 0 bridgehead atoms. The molecular formula is C24H33N3O8. The van der Waals surface area contributed by atoms with E-state index in [0.717, 1.165) is 10.6 Å². The summed E-state index contributed by atoms with van der Waals surface area (Å²) in [5.74, 6) is -4.13. The summed E-state index contributed by atoms with van der Waals surface area (Å²) in [7, 11) is 0. The van der Waals surface area contributed by atoms with Gasteiger partial charge in [0, 0.05) is 12.8 Å². The predicted molar refractivity (Wildman–Crippen MR) is 124 cm³/mol. The third kappa shape index (κ3) is 8.36. The molecule has 0 spiro atoms. The van der Waals surface area contributed by atoms with E-state index < -0.39 is 53.4 Å². The van der Waals surface area contributed by atoms with Crippen molar-refractivity contribution in [2.45, 2.75) is 77.1 Å². The van der Waals surface area contributed by atoms with Gasteiger partial charge in [-0.25, -0.2) is 9.59 Å². The lowest BCUT2D eigenvalue weighted by Crippen LogP contribution is -2.56. The van der Waals surface area contributed by atoms with Crippen molar-refractivity contribution in [1.82, 2.24) is 15.7 Å². The van der Waals surface area contributed by atoms with Crippen molar-refractivity contribution in [2.75, 3.05) is 6.61 Å². The Labute approximate surface area is 204 Å². The molecule has 2 rings (SSSR count). The van der Waals surface area contributed by atoms with Crippen LogP contribution in [0.4, 0.5) is 4.79 Å². The lowest BCUT2D eigenvalue weighted by atomic mass is 10.0. The number of aliphatic carboxylic acids is 1. The molecule has 1 aromatic carbocycles. The zero-order valence-corrected chi connectivity index (χ0v) is 20.4. The molecule has 3 atom stereocenters. The fraction of sp³-hybridized carbons (Fsp3) is 0.542. The molecular weight excluding hydrogens is 458 g/mol. The molecule has 3 amide bonds. The number of hydrogen-bond acceptors (Lipinski definition) is 7. The summed E-state index contributed by atoms with van der Waals surface area (Å²) >= 11 is 0. The van der Waals surface area contributed by atoms with E-state index in [1.807, 2.05) is 0 Å². The van der Waals surface area contributed by atoms with E-state index >= 15 is 0 Å². The van der Waals surface area contributed by atoms with Gasteiger partial charge in [0.1, 0.15) is 17.7 Å². The summed E-state index contributed by atoms with van der Waals surface area (Å²) in [6, 6.07) is 5.50. The number of nitrogens with one attached hydrogen (secondary N) is 2. The number of ether oxygens (including phenoxy) is 1. The maximum atomic E-state index is 13.1. The number of benzene rings is 1. The first kappa shape index (κ1) is 27.8. The standard InChI is InChI=1S/C24H33N3O8/c1-5-9-16(19(28)22(31)32)25-20(29)17(14-15-10-7-6-8-11-15)26-21(30)18-12-13-34-27(18)23(33)35-24(2,3)4/h6-8,10-11,16-18H,5,9,12-14H2,1-4H3,(H,25,29)(H,26,30)(H,31,32)/t16-,17-,18?/m0/s1. The molecule has 11 heteroatoms. The summed E-state index contributed by atoms with van der Waals surface area (Å²) < 4.78 is 5.29. The van der Waals surface area contributed by atoms with Crippen LogP contribution in [0.2, 0.25) is 0 Å². The molecule has 35 heavy (non-hydrogen) atoms. The SMILES string of the molecule is CCC[C@H](NC(=O)[C@H](Cc1ccccc1)NC(=O)C1CCON1C(=O)OC(C)(C)C)C(=O)C(=O)O. The molecule has 1 heterocycles. The molecule has 1 aliphatic rings. The fourth-order valence-electron chi connectivity index (χ4n) is 3.50. The highest BCUT2D eigenvalue weighted by Crippen LogP contribution is 2.20. The minimum absolute atomic E-state index is 0.0819. The summed E-state index contributed by atoms with van der Waals surface area (Å²) in [4.78, 5) is 67.2. The lowest BCUT2D eigenvalue weighted by molar-refractivity contribution is -0.151. The van der Waals surface area contributed by atoms with Crippen molar-refractivity contribution in [3.05, 3.63) is 35.9 Å². The van der Waals surface area contributed by atoms with Gasteiger partial charge in [0.2, 0.25) is 11.8 Å². The molecule has 0 aromatic heterocycles. The van der Waals surface area contributed by atoms with Gasteiger partial charge in [-0.2, -0.15) is 5.06 Å². The molecule has 0 aliphatic carbocycles. The molecule has 1 aliphatic heterocycles. The van der Waals surface area contributed by atoms with Crippen LogP contribution >= 0.6 is 0 Å². The van der Waals surface area contributed by atoms with Crippen molar-refractivity contribution < 1.29 is 38.7 Å².